The Balaban J connectivity index is 0.00000220. The summed E-state index contributed by atoms with van der Waals surface area (Å²) >= 11 is 0. The molecule has 0 saturated carbocycles. The first-order chi connectivity index (χ1) is 9.72. The van der Waals surface area contributed by atoms with Crippen molar-refractivity contribution in [3.8, 4) is 0 Å². The molecule has 1 saturated heterocycles. The van der Waals surface area contributed by atoms with Crippen molar-refractivity contribution in [1.29, 1.82) is 0 Å². The molecule has 21 heavy (non-hydrogen) atoms. The van der Waals surface area contributed by atoms with E-state index >= 15 is 0 Å². The zero-order valence-electron chi connectivity index (χ0n) is 13.1. The van der Waals surface area contributed by atoms with Gasteiger partial charge in [-0.2, -0.15) is 0 Å². The summed E-state index contributed by atoms with van der Waals surface area (Å²) in [5.41, 5.74) is 0.996. The van der Waals surface area contributed by atoms with Gasteiger partial charge in [0.2, 0.25) is 5.91 Å². The minimum absolute atomic E-state index is 0. The molecule has 0 aromatic heterocycles. The van der Waals surface area contributed by atoms with Crippen LogP contribution >= 0.6 is 12.4 Å². The van der Waals surface area contributed by atoms with Gasteiger partial charge in [-0.3, -0.25) is 4.79 Å². The maximum Gasteiger partial charge on any atom is 0.242 e. The van der Waals surface area contributed by atoms with E-state index in [-0.39, 0.29) is 23.9 Å². The average molecular weight is 311 g/mol. The van der Waals surface area contributed by atoms with Gasteiger partial charge < -0.3 is 10.2 Å². The number of likely N-dealkylation sites (N-methyl/N-ethyl adjacent to an activating group) is 1. The van der Waals surface area contributed by atoms with Gasteiger partial charge in [0.1, 0.15) is 0 Å². The predicted octanol–water partition coefficient (Wildman–Crippen LogP) is 3.03. The molecule has 0 bridgehead atoms. The number of nitrogens with one attached hydrogen (secondary N) is 1. The highest BCUT2D eigenvalue weighted by molar-refractivity contribution is 5.86. The smallest absolute Gasteiger partial charge is 0.242 e. The van der Waals surface area contributed by atoms with Gasteiger partial charge in [0.25, 0.3) is 0 Å². The molecule has 2 rings (SSSR count). The van der Waals surface area contributed by atoms with Crippen LogP contribution in [0.5, 0.6) is 0 Å². The van der Waals surface area contributed by atoms with Crippen LogP contribution in [0.15, 0.2) is 30.3 Å². The minimum Gasteiger partial charge on any atom is -0.341 e. The first kappa shape index (κ1) is 18.0. The lowest BCUT2D eigenvalue weighted by atomic mass is 9.92. The van der Waals surface area contributed by atoms with Crippen molar-refractivity contribution in [3.63, 3.8) is 0 Å². The summed E-state index contributed by atoms with van der Waals surface area (Å²) < 4.78 is 0. The summed E-state index contributed by atoms with van der Waals surface area (Å²) in [4.78, 5) is 14.8. The van der Waals surface area contributed by atoms with Gasteiger partial charge in [-0.05, 0) is 44.7 Å². The fourth-order valence-corrected chi connectivity index (χ4v) is 3.06. The molecule has 1 unspecified atom stereocenters. The van der Waals surface area contributed by atoms with Crippen molar-refractivity contribution in [2.45, 2.75) is 45.1 Å². The van der Waals surface area contributed by atoms with Crippen molar-refractivity contribution in [2.75, 3.05) is 19.6 Å². The number of halogens is 1. The average Bonchev–Trinajstić information content (AvgIpc) is 2.99. The molecule has 1 N–H and O–H groups in total. The van der Waals surface area contributed by atoms with Crippen molar-refractivity contribution in [1.82, 2.24) is 10.2 Å². The second kappa shape index (κ2) is 8.40. The van der Waals surface area contributed by atoms with Gasteiger partial charge in [0.05, 0.1) is 5.54 Å². The fourth-order valence-electron chi connectivity index (χ4n) is 3.06. The summed E-state index contributed by atoms with van der Waals surface area (Å²) in [6.45, 7) is 6.75. The molecule has 1 aromatic carbocycles. The maximum absolute atomic E-state index is 12.8. The molecule has 1 aliphatic heterocycles. The van der Waals surface area contributed by atoms with E-state index in [0.29, 0.717) is 0 Å². The van der Waals surface area contributed by atoms with E-state index in [0.717, 1.165) is 45.3 Å². The first-order valence-electron chi connectivity index (χ1n) is 7.80. The van der Waals surface area contributed by atoms with E-state index < -0.39 is 0 Å². The van der Waals surface area contributed by atoms with Crippen molar-refractivity contribution >= 4 is 18.3 Å². The first-order valence-corrected chi connectivity index (χ1v) is 7.80. The van der Waals surface area contributed by atoms with Crippen molar-refractivity contribution < 1.29 is 4.79 Å². The van der Waals surface area contributed by atoms with Crippen LogP contribution in [0.1, 0.15) is 38.7 Å². The monoisotopic (exact) mass is 310 g/mol. The van der Waals surface area contributed by atoms with Crippen LogP contribution in [0.25, 0.3) is 0 Å². The standard InChI is InChI=1S/C17H26N2O.ClH/c1-3-17(12-8-13-18-17)16(20)19(4-2)14-11-15-9-6-5-7-10-15;/h5-7,9-10,18H,3-4,8,11-14H2,1-2H3;1H. The van der Waals surface area contributed by atoms with Crippen LogP contribution in [0.3, 0.4) is 0 Å². The van der Waals surface area contributed by atoms with Crippen molar-refractivity contribution in [3.05, 3.63) is 35.9 Å². The molecule has 1 aliphatic rings. The lowest BCUT2D eigenvalue weighted by molar-refractivity contribution is -0.137. The Kier molecular flexibility index (Phi) is 7.20. The molecule has 4 heteroatoms. The minimum atomic E-state index is -0.299. The third kappa shape index (κ3) is 4.21. The molecule has 1 heterocycles. The van der Waals surface area contributed by atoms with Gasteiger partial charge in [0, 0.05) is 13.1 Å². The second-order valence-corrected chi connectivity index (χ2v) is 5.59. The molecule has 0 spiro atoms. The predicted molar refractivity (Wildman–Crippen MR) is 89.9 cm³/mol. The number of rotatable bonds is 6. The molecule has 3 nitrogen and oxygen atoms in total. The Bertz CT molecular complexity index is 430. The van der Waals surface area contributed by atoms with Crippen LogP contribution in [-0.4, -0.2) is 36.0 Å². The molecule has 118 valence electrons. The van der Waals surface area contributed by atoms with E-state index in [2.05, 4.69) is 43.4 Å². The second-order valence-electron chi connectivity index (χ2n) is 5.59. The molecular weight excluding hydrogens is 284 g/mol. The lowest BCUT2D eigenvalue weighted by Gasteiger charge is -2.33. The highest BCUT2D eigenvalue weighted by Crippen LogP contribution is 2.25. The number of hydrogen-bond donors (Lipinski definition) is 1. The highest BCUT2D eigenvalue weighted by atomic mass is 35.5. The van der Waals surface area contributed by atoms with Crippen LogP contribution in [0.4, 0.5) is 0 Å². The van der Waals surface area contributed by atoms with Gasteiger partial charge in [-0.15, -0.1) is 12.4 Å². The van der Waals surface area contributed by atoms with E-state index in [1.165, 1.54) is 5.56 Å². The molecule has 1 atom stereocenters. The van der Waals surface area contributed by atoms with Gasteiger partial charge in [0.15, 0.2) is 0 Å². The fraction of sp³-hybridized carbons (Fsp3) is 0.588. The number of nitrogens with zero attached hydrogens (tertiary/aromatic N) is 1. The number of benzene rings is 1. The van der Waals surface area contributed by atoms with Crippen LogP contribution in [0, 0.1) is 0 Å². The Morgan fingerprint density at radius 2 is 2.00 bits per heavy atom. The topological polar surface area (TPSA) is 32.3 Å². The third-order valence-corrected chi connectivity index (χ3v) is 4.44. The Hall–Kier alpha value is -1.06. The van der Waals surface area contributed by atoms with E-state index in [1.54, 1.807) is 0 Å². The number of carbonyl (C=O) groups is 1. The van der Waals surface area contributed by atoms with Crippen LogP contribution in [-0.2, 0) is 11.2 Å². The van der Waals surface area contributed by atoms with Crippen LogP contribution in [0.2, 0.25) is 0 Å². The zero-order chi connectivity index (χ0) is 14.4. The lowest BCUT2D eigenvalue weighted by Crippen LogP contribution is -2.54. The largest absolute Gasteiger partial charge is 0.341 e. The summed E-state index contributed by atoms with van der Waals surface area (Å²) in [6, 6.07) is 10.4. The maximum atomic E-state index is 12.8. The van der Waals surface area contributed by atoms with Crippen LogP contribution < -0.4 is 5.32 Å². The molecule has 1 aromatic rings. The molecular formula is C17H27ClN2O. The summed E-state index contributed by atoms with van der Waals surface area (Å²) in [6.07, 6.45) is 3.90. The Morgan fingerprint density at radius 1 is 1.29 bits per heavy atom. The van der Waals surface area contributed by atoms with Crippen molar-refractivity contribution in [2.24, 2.45) is 0 Å². The van der Waals surface area contributed by atoms with E-state index in [9.17, 15) is 4.79 Å². The summed E-state index contributed by atoms with van der Waals surface area (Å²) in [5, 5.41) is 3.44. The highest BCUT2D eigenvalue weighted by Gasteiger charge is 2.41. The molecule has 1 amide bonds. The summed E-state index contributed by atoms with van der Waals surface area (Å²) in [7, 11) is 0. The normalized spacial score (nSPS) is 20.9. The van der Waals surface area contributed by atoms with E-state index in [4.69, 9.17) is 0 Å². The number of hydrogen-bond acceptors (Lipinski definition) is 2. The molecule has 1 fully saturated rings. The molecule has 0 aliphatic carbocycles. The Morgan fingerprint density at radius 3 is 2.52 bits per heavy atom. The number of carbonyl (C=O) groups excluding carboxylic acids is 1. The zero-order valence-corrected chi connectivity index (χ0v) is 13.9. The quantitative estimate of drug-likeness (QED) is 0.876. The van der Waals surface area contributed by atoms with Gasteiger partial charge >= 0.3 is 0 Å². The third-order valence-electron chi connectivity index (χ3n) is 4.44. The van der Waals surface area contributed by atoms with Gasteiger partial charge in [-0.25, -0.2) is 0 Å². The van der Waals surface area contributed by atoms with Gasteiger partial charge in [-0.1, -0.05) is 37.3 Å². The molecule has 0 radical (unpaired) electrons. The summed E-state index contributed by atoms with van der Waals surface area (Å²) in [5.74, 6) is 0.288. The SMILES string of the molecule is CCN(CCc1ccccc1)C(=O)C1(CC)CCCN1.Cl. The van der Waals surface area contributed by atoms with E-state index in [1.807, 2.05) is 11.0 Å². The Labute approximate surface area is 134 Å². The number of amides is 1.